The Labute approximate surface area is 134 Å². The van der Waals surface area contributed by atoms with Crippen molar-refractivity contribution in [2.75, 3.05) is 31.6 Å². The maximum absolute atomic E-state index is 12.7. The number of carbonyl (C=O) groups excluding carboxylic acids is 1. The van der Waals surface area contributed by atoms with Crippen LogP contribution in [0.5, 0.6) is 0 Å². The van der Waals surface area contributed by atoms with E-state index in [-0.39, 0.29) is 11.8 Å². The van der Waals surface area contributed by atoms with Gasteiger partial charge in [-0.25, -0.2) is 0 Å². The van der Waals surface area contributed by atoms with Gasteiger partial charge >= 0.3 is 0 Å². The Morgan fingerprint density at radius 1 is 1.43 bits per heavy atom. The molecule has 4 heterocycles. The van der Waals surface area contributed by atoms with Crippen molar-refractivity contribution >= 4 is 11.7 Å². The molecule has 0 unspecified atom stereocenters. The van der Waals surface area contributed by atoms with E-state index in [0.29, 0.717) is 32.1 Å². The van der Waals surface area contributed by atoms with Gasteiger partial charge in [0, 0.05) is 43.7 Å². The van der Waals surface area contributed by atoms with Crippen LogP contribution >= 0.6 is 0 Å². The molecule has 2 aromatic rings. The maximum atomic E-state index is 12.7. The van der Waals surface area contributed by atoms with Gasteiger partial charge in [-0.3, -0.25) is 14.5 Å². The fourth-order valence-electron chi connectivity index (χ4n) is 3.34. The van der Waals surface area contributed by atoms with Crippen LogP contribution in [-0.4, -0.2) is 47.0 Å². The summed E-state index contributed by atoms with van der Waals surface area (Å²) in [5.74, 6) is 0.830. The monoisotopic (exact) mass is 313 g/mol. The minimum atomic E-state index is -0.450. The number of hydrogen-bond acceptors (Lipinski definition) is 5. The highest BCUT2D eigenvalue weighted by molar-refractivity contribution is 5.95. The van der Waals surface area contributed by atoms with Crippen LogP contribution < -0.4 is 10.6 Å². The molecular formula is C16H19N5O2. The van der Waals surface area contributed by atoms with Crippen LogP contribution in [0.2, 0.25) is 0 Å². The standard InChI is InChI=1S/C16H19N5O2/c22-15(16-10-18-7-13(16)9-23-11-16)19-14-3-6-21(20-14)8-12-1-4-17-5-2-12/h1-6,13,18H,7-11H2,(H,19,20,22)/t13-,16-/m0/s1. The fourth-order valence-corrected chi connectivity index (χ4v) is 3.34. The third-order valence-electron chi connectivity index (χ3n) is 4.72. The lowest BCUT2D eigenvalue weighted by atomic mass is 9.80. The Balaban J connectivity index is 1.44. The first kappa shape index (κ1) is 14.3. The van der Waals surface area contributed by atoms with Crippen LogP contribution in [0.3, 0.4) is 0 Å². The number of nitrogens with one attached hydrogen (secondary N) is 2. The van der Waals surface area contributed by atoms with Gasteiger partial charge in [-0.05, 0) is 17.7 Å². The summed E-state index contributed by atoms with van der Waals surface area (Å²) in [5.41, 5.74) is 0.665. The number of fused-ring (bicyclic) bond motifs is 1. The van der Waals surface area contributed by atoms with Gasteiger partial charge in [-0.1, -0.05) is 0 Å². The minimum absolute atomic E-state index is 0.000777. The number of pyridine rings is 1. The van der Waals surface area contributed by atoms with Crippen LogP contribution in [0.15, 0.2) is 36.8 Å². The summed E-state index contributed by atoms with van der Waals surface area (Å²) < 4.78 is 7.33. The zero-order valence-corrected chi connectivity index (χ0v) is 12.7. The molecular weight excluding hydrogens is 294 g/mol. The molecule has 1 amide bonds. The number of aromatic nitrogens is 3. The van der Waals surface area contributed by atoms with Crippen molar-refractivity contribution in [3.63, 3.8) is 0 Å². The second kappa shape index (κ2) is 5.75. The van der Waals surface area contributed by atoms with Crippen LogP contribution in [0.25, 0.3) is 0 Å². The van der Waals surface area contributed by atoms with Crippen molar-refractivity contribution in [1.29, 1.82) is 0 Å². The molecule has 2 saturated heterocycles. The Bertz CT molecular complexity index is 690. The zero-order valence-electron chi connectivity index (χ0n) is 12.7. The second-order valence-electron chi connectivity index (χ2n) is 6.21. The highest BCUT2D eigenvalue weighted by Crippen LogP contribution is 2.38. The number of carbonyl (C=O) groups is 1. The van der Waals surface area contributed by atoms with Crippen LogP contribution in [0.4, 0.5) is 5.82 Å². The summed E-state index contributed by atoms with van der Waals surface area (Å²) >= 11 is 0. The molecule has 4 rings (SSSR count). The van der Waals surface area contributed by atoms with Gasteiger partial charge in [-0.2, -0.15) is 5.10 Å². The van der Waals surface area contributed by atoms with Gasteiger partial charge in [0.25, 0.3) is 0 Å². The van der Waals surface area contributed by atoms with E-state index < -0.39 is 5.41 Å². The van der Waals surface area contributed by atoms with E-state index in [9.17, 15) is 4.79 Å². The summed E-state index contributed by atoms with van der Waals surface area (Å²) in [6.07, 6.45) is 5.38. The SMILES string of the molecule is O=C(Nc1ccn(Cc2ccncc2)n1)[C@]12CNC[C@H]1COC2. The lowest BCUT2D eigenvalue weighted by molar-refractivity contribution is -0.125. The van der Waals surface area contributed by atoms with Crippen LogP contribution in [-0.2, 0) is 16.1 Å². The molecule has 2 fully saturated rings. The predicted octanol–water partition coefficient (Wildman–Crippen LogP) is 0.501. The fraction of sp³-hybridized carbons (Fsp3) is 0.438. The molecule has 0 spiro atoms. The van der Waals surface area contributed by atoms with Crippen LogP contribution in [0, 0.1) is 11.3 Å². The van der Waals surface area contributed by atoms with Gasteiger partial charge in [0.2, 0.25) is 5.91 Å². The van der Waals surface area contributed by atoms with Gasteiger partial charge in [0.05, 0.1) is 25.2 Å². The normalized spacial score (nSPS) is 26.2. The number of rotatable bonds is 4. The quantitative estimate of drug-likeness (QED) is 0.859. The van der Waals surface area contributed by atoms with E-state index in [0.717, 1.165) is 12.1 Å². The topological polar surface area (TPSA) is 81.1 Å². The predicted molar refractivity (Wildman–Crippen MR) is 83.8 cm³/mol. The van der Waals surface area contributed by atoms with E-state index in [2.05, 4.69) is 20.7 Å². The molecule has 2 N–H and O–H groups in total. The lowest BCUT2D eigenvalue weighted by Crippen LogP contribution is -2.42. The lowest BCUT2D eigenvalue weighted by Gasteiger charge is -2.24. The van der Waals surface area contributed by atoms with Crippen molar-refractivity contribution in [2.24, 2.45) is 11.3 Å². The van der Waals surface area contributed by atoms with E-state index in [4.69, 9.17) is 4.74 Å². The van der Waals surface area contributed by atoms with E-state index in [1.807, 2.05) is 24.4 Å². The molecule has 0 bridgehead atoms. The second-order valence-corrected chi connectivity index (χ2v) is 6.21. The summed E-state index contributed by atoms with van der Waals surface area (Å²) in [5, 5.41) is 10.7. The third kappa shape index (κ3) is 2.62. The molecule has 7 heteroatoms. The Morgan fingerprint density at radius 3 is 3.17 bits per heavy atom. The molecule has 2 atom stereocenters. The van der Waals surface area contributed by atoms with Crippen molar-refractivity contribution < 1.29 is 9.53 Å². The largest absolute Gasteiger partial charge is 0.380 e. The molecule has 2 aromatic heterocycles. The van der Waals surface area contributed by atoms with Gasteiger partial charge in [-0.15, -0.1) is 0 Å². The average molecular weight is 313 g/mol. The van der Waals surface area contributed by atoms with E-state index in [1.165, 1.54) is 0 Å². The molecule has 0 saturated carbocycles. The first-order valence-corrected chi connectivity index (χ1v) is 7.78. The highest BCUT2D eigenvalue weighted by atomic mass is 16.5. The summed E-state index contributed by atoms with van der Waals surface area (Å²) in [4.78, 5) is 16.7. The van der Waals surface area contributed by atoms with Crippen molar-refractivity contribution in [1.82, 2.24) is 20.1 Å². The Kier molecular flexibility index (Phi) is 3.59. The summed E-state index contributed by atoms with van der Waals surface area (Å²) in [6.45, 7) is 3.28. The van der Waals surface area contributed by atoms with Gasteiger partial charge in [0.1, 0.15) is 0 Å². The van der Waals surface area contributed by atoms with E-state index in [1.54, 1.807) is 17.1 Å². The minimum Gasteiger partial charge on any atom is -0.380 e. The molecule has 0 aromatic carbocycles. The molecule has 7 nitrogen and oxygen atoms in total. The van der Waals surface area contributed by atoms with Crippen molar-refractivity contribution in [3.05, 3.63) is 42.4 Å². The molecule has 2 aliphatic rings. The third-order valence-corrected chi connectivity index (χ3v) is 4.72. The number of nitrogens with zero attached hydrogens (tertiary/aromatic N) is 3. The van der Waals surface area contributed by atoms with Crippen molar-refractivity contribution in [3.8, 4) is 0 Å². The van der Waals surface area contributed by atoms with Crippen molar-refractivity contribution in [2.45, 2.75) is 6.54 Å². The first-order valence-electron chi connectivity index (χ1n) is 7.78. The maximum Gasteiger partial charge on any atom is 0.235 e. The number of anilines is 1. The summed E-state index contributed by atoms with van der Waals surface area (Å²) in [7, 11) is 0. The molecule has 23 heavy (non-hydrogen) atoms. The van der Waals surface area contributed by atoms with E-state index >= 15 is 0 Å². The first-order chi connectivity index (χ1) is 11.3. The zero-order chi connectivity index (χ0) is 15.7. The summed E-state index contributed by atoms with van der Waals surface area (Å²) in [6, 6.07) is 5.72. The molecule has 0 aliphatic carbocycles. The Morgan fingerprint density at radius 2 is 2.30 bits per heavy atom. The molecule has 2 aliphatic heterocycles. The average Bonchev–Trinajstić information content (AvgIpc) is 3.23. The smallest absolute Gasteiger partial charge is 0.235 e. The van der Waals surface area contributed by atoms with Gasteiger partial charge < -0.3 is 15.4 Å². The molecule has 120 valence electrons. The number of amides is 1. The molecule has 0 radical (unpaired) electrons. The van der Waals surface area contributed by atoms with Crippen LogP contribution in [0.1, 0.15) is 5.56 Å². The van der Waals surface area contributed by atoms with Gasteiger partial charge in [0.15, 0.2) is 5.82 Å². The highest BCUT2D eigenvalue weighted by Gasteiger charge is 2.53. The number of hydrogen-bond donors (Lipinski definition) is 2. The Hall–Kier alpha value is -2.25. The number of ether oxygens (including phenoxy) is 1.